The smallest absolute Gasteiger partial charge is 0.319 e. The Kier molecular flexibility index (Phi) is 7.53. The molecule has 9 nitrogen and oxygen atoms in total. The Morgan fingerprint density at radius 2 is 1.84 bits per heavy atom. The van der Waals surface area contributed by atoms with Crippen LogP contribution in [0.5, 0.6) is 29.1 Å². The molecule has 0 saturated carbocycles. The molecule has 1 aromatic heterocycles. The van der Waals surface area contributed by atoms with Crippen LogP contribution in [0, 0.1) is 0 Å². The molecule has 166 valence electrons. The molecule has 0 bridgehead atoms. The van der Waals surface area contributed by atoms with Gasteiger partial charge >= 0.3 is 6.01 Å². The molecule has 0 radical (unpaired) electrons. The van der Waals surface area contributed by atoms with Crippen LogP contribution in [0.4, 0.5) is 0 Å². The third-order valence-corrected chi connectivity index (χ3v) is 4.87. The van der Waals surface area contributed by atoms with Crippen molar-refractivity contribution in [2.24, 2.45) is 0 Å². The van der Waals surface area contributed by atoms with E-state index in [1.54, 1.807) is 56.7 Å². The van der Waals surface area contributed by atoms with E-state index >= 15 is 0 Å². The topological polar surface area (TPSA) is 92.2 Å². The number of aromatic nitrogens is 2. The highest BCUT2D eigenvalue weighted by atomic mass is 16.5. The summed E-state index contributed by atoms with van der Waals surface area (Å²) in [6.45, 7) is 1.15. The van der Waals surface area contributed by atoms with Crippen LogP contribution in [0.2, 0.25) is 0 Å². The molecule has 2 aromatic rings. The van der Waals surface area contributed by atoms with Crippen LogP contribution in [0.25, 0.3) is 6.08 Å². The first-order valence-electron chi connectivity index (χ1n) is 9.88. The quantitative estimate of drug-likeness (QED) is 0.592. The maximum Gasteiger partial charge on any atom is 0.319 e. The van der Waals surface area contributed by atoms with E-state index in [4.69, 9.17) is 23.7 Å². The van der Waals surface area contributed by atoms with E-state index in [2.05, 4.69) is 9.97 Å². The molecule has 31 heavy (non-hydrogen) atoms. The lowest BCUT2D eigenvalue weighted by molar-refractivity contribution is -0.128. The lowest BCUT2D eigenvalue weighted by Crippen LogP contribution is -2.43. The number of ether oxygens (including phenoxy) is 5. The lowest BCUT2D eigenvalue weighted by atomic mass is 10.1. The monoisotopic (exact) mass is 429 g/mol. The molecular weight excluding hydrogens is 402 g/mol. The standard InChI is InChI=1S/C22H27N3O6/c1-27-17-12-15(13-18(28-2)21(17)29-3)7-8-20(26)25-11-5-6-16(14-25)31-19-9-10-23-22(24-19)30-4/h7-10,12-13,16H,5-6,11,14H2,1-4H3/b8-7+. The van der Waals surface area contributed by atoms with Crippen LogP contribution in [-0.4, -0.2) is 68.4 Å². The number of hydrogen-bond donors (Lipinski definition) is 0. The summed E-state index contributed by atoms with van der Waals surface area (Å²) in [6.07, 6.45) is 6.38. The number of amides is 1. The van der Waals surface area contributed by atoms with Gasteiger partial charge < -0.3 is 28.6 Å². The van der Waals surface area contributed by atoms with Gasteiger partial charge in [0.25, 0.3) is 0 Å². The van der Waals surface area contributed by atoms with Crippen LogP contribution in [0.1, 0.15) is 18.4 Å². The fourth-order valence-electron chi connectivity index (χ4n) is 3.37. The highest BCUT2D eigenvalue weighted by Gasteiger charge is 2.24. The maximum absolute atomic E-state index is 12.8. The van der Waals surface area contributed by atoms with Gasteiger partial charge in [0.1, 0.15) is 6.10 Å². The van der Waals surface area contributed by atoms with Crippen LogP contribution in [0.15, 0.2) is 30.5 Å². The Labute approximate surface area is 181 Å². The molecular formula is C22H27N3O6. The molecule has 0 N–H and O–H groups in total. The minimum atomic E-state index is -0.146. The largest absolute Gasteiger partial charge is 0.493 e. The summed E-state index contributed by atoms with van der Waals surface area (Å²) >= 11 is 0. The van der Waals surface area contributed by atoms with Crippen molar-refractivity contribution in [3.8, 4) is 29.1 Å². The summed E-state index contributed by atoms with van der Waals surface area (Å²) in [6, 6.07) is 5.49. The number of hydrogen-bond acceptors (Lipinski definition) is 8. The van der Waals surface area contributed by atoms with Gasteiger partial charge in [-0.15, -0.1) is 0 Å². The number of rotatable bonds is 8. The number of piperidine rings is 1. The van der Waals surface area contributed by atoms with E-state index in [0.29, 0.717) is 36.2 Å². The average molecular weight is 429 g/mol. The molecule has 0 aliphatic carbocycles. The van der Waals surface area contributed by atoms with Crippen molar-refractivity contribution >= 4 is 12.0 Å². The summed E-state index contributed by atoms with van der Waals surface area (Å²) in [5.74, 6) is 1.90. The summed E-state index contributed by atoms with van der Waals surface area (Å²) in [5, 5.41) is 0. The molecule has 1 aliphatic heterocycles. The van der Waals surface area contributed by atoms with E-state index < -0.39 is 0 Å². The van der Waals surface area contributed by atoms with Crippen molar-refractivity contribution in [2.75, 3.05) is 41.5 Å². The average Bonchev–Trinajstić information content (AvgIpc) is 2.81. The van der Waals surface area contributed by atoms with Crippen molar-refractivity contribution in [3.63, 3.8) is 0 Å². The van der Waals surface area contributed by atoms with Crippen LogP contribution in [-0.2, 0) is 4.79 Å². The van der Waals surface area contributed by atoms with Crippen molar-refractivity contribution < 1.29 is 28.5 Å². The number of likely N-dealkylation sites (tertiary alicyclic amines) is 1. The highest BCUT2D eigenvalue weighted by molar-refractivity contribution is 5.92. The zero-order valence-corrected chi connectivity index (χ0v) is 18.2. The molecule has 1 unspecified atom stereocenters. The van der Waals surface area contributed by atoms with Crippen LogP contribution in [0.3, 0.4) is 0 Å². The molecule has 1 amide bonds. The summed E-state index contributed by atoms with van der Waals surface area (Å²) in [7, 11) is 6.15. The van der Waals surface area contributed by atoms with Gasteiger partial charge in [0.05, 0.1) is 35.0 Å². The molecule has 3 rings (SSSR count). The SMILES string of the molecule is COc1nccc(OC2CCCN(C(=O)/C=C/c3cc(OC)c(OC)c(OC)c3)C2)n1. The summed E-state index contributed by atoms with van der Waals surface area (Å²) < 4.78 is 27.0. The van der Waals surface area contributed by atoms with E-state index in [-0.39, 0.29) is 18.0 Å². The predicted molar refractivity (Wildman–Crippen MR) is 114 cm³/mol. The van der Waals surface area contributed by atoms with Crippen molar-refractivity contribution in [1.82, 2.24) is 14.9 Å². The molecule has 1 atom stereocenters. The zero-order valence-electron chi connectivity index (χ0n) is 18.2. The van der Waals surface area contributed by atoms with Gasteiger partial charge in [0, 0.05) is 24.9 Å². The number of carbonyl (C=O) groups excluding carboxylic acids is 1. The minimum Gasteiger partial charge on any atom is -0.493 e. The lowest BCUT2D eigenvalue weighted by Gasteiger charge is -2.32. The minimum absolute atomic E-state index is 0.0951. The second kappa shape index (κ2) is 10.5. The van der Waals surface area contributed by atoms with E-state index in [1.165, 1.54) is 13.2 Å². The first kappa shape index (κ1) is 22.2. The predicted octanol–water partition coefficient (Wildman–Crippen LogP) is 2.59. The molecule has 0 spiro atoms. The third kappa shape index (κ3) is 5.56. The Morgan fingerprint density at radius 3 is 2.48 bits per heavy atom. The van der Waals surface area contributed by atoms with Crippen molar-refractivity contribution in [1.29, 1.82) is 0 Å². The number of benzene rings is 1. The van der Waals surface area contributed by atoms with Gasteiger partial charge in [-0.25, -0.2) is 4.98 Å². The molecule has 2 heterocycles. The van der Waals surface area contributed by atoms with Gasteiger partial charge in [-0.2, -0.15) is 4.98 Å². The number of carbonyl (C=O) groups is 1. The highest BCUT2D eigenvalue weighted by Crippen LogP contribution is 2.38. The molecule has 1 fully saturated rings. The number of methoxy groups -OCH3 is 4. The maximum atomic E-state index is 12.8. The normalized spacial score (nSPS) is 16.1. The Morgan fingerprint density at radius 1 is 1.10 bits per heavy atom. The molecule has 1 aromatic carbocycles. The summed E-state index contributed by atoms with van der Waals surface area (Å²) in [4.78, 5) is 22.7. The second-order valence-electron chi connectivity index (χ2n) is 6.84. The first-order valence-corrected chi connectivity index (χ1v) is 9.88. The zero-order chi connectivity index (χ0) is 22.2. The molecule has 1 saturated heterocycles. The number of nitrogens with zero attached hydrogens (tertiary/aromatic N) is 3. The van der Waals surface area contributed by atoms with Gasteiger partial charge in [-0.05, 0) is 36.6 Å². The van der Waals surface area contributed by atoms with E-state index in [9.17, 15) is 4.79 Å². The third-order valence-electron chi connectivity index (χ3n) is 4.87. The Bertz CT molecular complexity index is 908. The van der Waals surface area contributed by atoms with Crippen LogP contribution >= 0.6 is 0 Å². The second-order valence-corrected chi connectivity index (χ2v) is 6.84. The van der Waals surface area contributed by atoms with E-state index in [0.717, 1.165) is 18.4 Å². The fraction of sp³-hybridized carbons (Fsp3) is 0.409. The molecule has 9 heteroatoms. The summed E-state index contributed by atoms with van der Waals surface area (Å²) in [5.41, 5.74) is 0.765. The van der Waals surface area contributed by atoms with Crippen LogP contribution < -0.4 is 23.7 Å². The van der Waals surface area contributed by atoms with Gasteiger partial charge in [-0.1, -0.05) is 0 Å². The van der Waals surface area contributed by atoms with Crippen molar-refractivity contribution in [2.45, 2.75) is 18.9 Å². The van der Waals surface area contributed by atoms with E-state index in [1.807, 2.05) is 0 Å². The Hall–Kier alpha value is -3.49. The van der Waals surface area contributed by atoms with Gasteiger partial charge in [0.2, 0.25) is 17.5 Å². The molecule has 1 aliphatic rings. The van der Waals surface area contributed by atoms with Gasteiger partial charge in [-0.3, -0.25) is 4.79 Å². The van der Waals surface area contributed by atoms with Gasteiger partial charge in [0.15, 0.2) is 11.5 Å². The van der Waals surface area contributed by atoms with Crippen molar-refractivity contribution in [3.05, 3.63) is 36.0 Å². The fourth-order valence-corrected chi connectivity index (χ4v) is 3.37. The first-order chi connectivity index (χ1) is 15.1. The Balaban J connectivity index is 1.66.